The number of methoxy groups -OCH3 is 1. The Bertz CT molecular complexity index is 759. The summed E-state index contributed by atoms with van der Waals surface area (Å²) in [5, 5.41) is 1.05. The highest BCUT2D eigenvalue weighted by molar-refractivity contribution is 5.83. The summed E-state index contributed by atoms with van der Waals surface area (Å²) < 4.78 is 16.7. The van der Waals surface area contributed by atoms with Crippen molar-refractivity contribution in [2.24, 2.45) is 5.92 Å². The van der Waals surface area contributed by atoms with E-state index in [0.717, 1.165) is 28.7 Å². The molecule has 1 aromatic carbocycles. The standard InChI is InChI=1S/C20H27NO4/c1-13-12-21(19(22)25-20(2,3)4)8-6-16(13)17-11-15(23-5)10-14-7-9-24-18(14)17/h7,9-11,13,16H,6,8,12H2,1-5H3/t13-,16+/m1/s1. The Morgan fingerprint density at radius 3 is 2.72 bits per heavy atom. The molecule has 0 bridgehead atoms. The predicted octanol–water partition coefficient (Wildman–Crippen LogP) is 4.80. The average Bonchev–Trinajstić information content (AvgIpc) is 3.00. The van der Waals surface area contributed by atoms with Gasteiger partial charge in [0.25, 0.3) is 0 Å². The highest BCUT2D eigenvalue weighted by Gasteiger charge is 2.33. The van der Waals surface area contributed by atoms with Gasteiger partial charge in [0, 0.05) is 24.0 Å². The van der Waals surface area contributed by atoms with Crippen molar-refractivity contribution in [2.45, 2.75) is 45.6 Å². The second-order valence-corrected chi connectivity index (χ2v) is 7.85. The van der Waals surface area contributed by atoms with Gasteiger partial charge < -0.3 is 18.8 Å². The molecule has 1 aromatic heterocycles. The van der Waals surface area contributed by atoms with Crippen molar-refractivity contribution in [1.82, 2.24) is 4.90 Å². The molecule has 2 atom stereocenters. The zero-order valence-electron chi connectivity index (χ0n) is 15.7. The minimum absolute atomic E-state index is 0.230. The van der Waals surface area contributed by atoms with Crippen LogP contribution < -0.4 is 4.74 Å². The van der Waals surface area contributed by atoms with E-state index in [2.05, 4.69) is 13.0 Å². The number of furan rings is 1. The van der Waals surface area contributed by atoms with Crippen LogP contribution >= 0.6 is 0 Å². The van der Waals surface area contributed by atoms with Crippen LogP contribution in [0.4, 0.5) is 4.79 Å². The van der Waals surface area contributed by atoms with Crippen LogP contribution in [0.5, 0.6) is 5.75 Å². The first-order chi connectivity index (χ1) is 11.8. The van der Waals surface area contributed by atoms with Crippen LogP contribution in [0, 0.1) is 5.92 Å². The van der Waals surface area contributed by atoms with Crippen molar-refractivity contribution in [3.8, 4) is 5.75 Å². The Balaban J connectivity index is 1.80. The SMILES string of the molecule is COc1cc([C@H]2CCN(C(=O)OC(C)(C)C)C[C@H]2C)c2occc2c1. The van der Waals surface area contributed by atoms with Crippen LogP contribution in [0.3, 0.4) is 0 Å². The van der Waals surface area contributed by atoms with Crippen LogP contribution in [-0.2, 0) is 4.74 Å². The minimum Gasteiger partial charge on any atom is -0.497 e. The third-order valence-electron chi connectivity index (χ3n) is 4.75. The van der Waals surface area contributed by atoms with E-state index in [0.29, 0.717) is 24.9 Å². The van der Waals surface area contributed by atoms with E-state index in [4.69, 9.17) is 13.9 Å². The van der Waals surface area contributed by atoms with Gasteiger partial charge in [-0.15, -0.1) is 0 Å². The lowest BCUT2D eigenvalue weighted by molar-refractivity contribution is 0.0155. The zero-order valence-corrected chi connectivity index (χ0v) is 15.7. The fourth-order valence-corrected chi connectivity index (χ4v) is 3.57. The highest BCUT2D eigenvalue weighted by Crippen LogP contribution is 2.39. The lowest BCUT2D eigenvalue weighted by Crippen LogP contribution is -2.44. The minimum atomic E-state index is -0.468. The maximum Gasteiger partial charge on any atom is 0.410 e. The van der Waals surface area contributed by atoms with Crippen LogP contribution in [0.15, 0.2) is 28.9 Å². The van der Waals surface area contributed by atoms with Gasteiger partial charge in [0.1, 0.15) is 16.9 Å². The topological polar surface area (TPSA) is 51.9 Å². The van der Waals surface area contributed by atoms with Crippen molar-refractivity contribution < 1.29 is 18.7 Å². The van der Waals surface area contributed by atoms with Gasteiger partial charge in [0.2, 0.25) is 0 Å². The molecule has 1 amide bonds. The molecule has 0 aliphatic carbocycles. The largest absolute Gasteiger partial charge is 0.497 e. The Labute approximate surface area is 148 Å². The van der Waals surface area contributed by atoms with Crippen molar-refractivity contribution >= 4 is 17.1 Å². The van der Waals surface area contributed by atoms with Gasteiger partial charge in [-0.1, -0.05) is 6.92 Å². The molecule has 0 N–H and O–H groups in total. The number of hydrogen-bond donors (Lipinski definition) is 0. The number of carbonyl (C=O) groups is 1. The Hall–Kier alpha value is -2.17. The zero-order chi connectivity index (χ0) is 18.2. The third kappa shape index (κ3) is 3.75. The number of carbonyl (C=O) groups excluding carboxylic acids is 1. The summed E-state index contributed by atoms with van der Waals surface area (Å²) in [6.45, 7) is 9.22. The van der Waals surface area contributed by atoms with E-state index in [1.165, 1.54) is 0 Å². The molecule has 5 heteroatoms. The summed E-state index contributed by atoms with van der Waals surface area (Å²) in [5.41, 5.74) is 1.61. The third-order valence-corrected chi connectivity index (χ3v) is 4.75. The Morgan fingerprint density at radius 1 is 1.32 bits per heavy atom. The normalized spacial score (nSPS) is 21.4. The number of ether oxygens (including phenoxy) is 2. The van der Waals surface area contributed by atoms with E-state index < -0.39 is 5.60 Å². The summed E-state index contributed by atoms with van der Waals surface area (Å²) in [7, 11) is 1.68. The molecular formula is C20H27NO4. The first-order valence-corrected chi connectivity index (χ1v) is 8.81. The van der Waals surface area contributed by atoms with Gasteiger partial charge in [-0.3, -0.25) is 0 Å². The van der Waals surface area contributed by atoms with Crippen LogP contribution in [0.2, 0.25) is 0 Å². The molecule has 136 valence electrons. The summed E-state index contributed by atoms with van der Waals surface area (Å²) in [6.07, 6.45) is 2.36. The number of benzene rings is 1. The smallest absolute Gasteiger partial charge is 0.410 e. The molecule has 3 rings (SSSR count). The van der Waals surface area contributed by atoms with Gasteiger partial charge >= 0.3 is 6.09 Å². The van der Waals surface area contributed by atoms with E-state index >= 15 is 0 Å². The van der Waals surface area contributed by atoms with Gasteiger partial charge in [-0.25, -0.2) is 4.79 Å². The molecule has 2 heterocycles. The van der Waals surface area contributed by atoms with Crippen LogP contribution in [0.25, 0.3) is 11.0 Å². The monoisotopic (exact) mass is 345 g/mol. The first-order valence-electron chi connectivity index (χ1n) is 8.81. The van der Waals surface area contributed by atoms with Gasteiger partial charge in [0.15, 0.2) is 0 Å². The fourth-order valence-electron chi connectivity index (χ4n) is 3.57. The summed E-state index contributed by atoms with van der Waals surface area (Å²) in [6, 6.07) is 6.01. The number of nitrogens with zero attached hydrogens (tertiary/aromatic N) is 1. The van der Waals surface area contributed by atoms with Crippen LogP contribution in [0.1, 0.15) is 45.6 Å². The number of likely N-dealkylation sites (tertiary alicyclic amines) is 1. The second kappa shape index (κ2) is 6.62. The Morgan fingerprint density at radius 2 is 2.08 bits per heavy atom. The number of fused-ring (bicyclic) bond motifs is 1. The average molecular weight is 345 g/mol. The molecule has 1 aliphatic rings. The highest BCUT2D eigenvalue weighted by atomic mass is 16.6. The molecule has 0 radical (unpaired) electrons. The molecule has 1 aliphatic heterocycles. The molecule has 1 fully saturated rings. The number of amides is 1. The molecule has 25 heavy (non-hydrogen) atoms. The molecule has 2 aromatic rings. The number of rotatable bonds is 2. The molecule has 0 spiro atoms. The van der Waals surface area contributed by atoms with Gasteiger partial charge in [-0.05, 0) is 57.2 Å². The maximum absolute atomic E-state index is 12.3. The van der Waals surface area contributed by atoms with E-state index in [1.807, 2.05) is 37.8 Å². The molecule has 5 nitrogen and oxygen atoms in total. The van der Waals surface area contributed by atoms with E-state index in [-0.39, 0.29) is 6.09 Å². The lowest BCUT2D eigenvalue weighted by atomic mass is 9.81. The van der Waals surface area contributed by atoms with E-state index in [9.17, 15) is 4.79 Å². The predicted molar refractivity (Wildman–Crippen MR) is 97.1 cm³/mol. The fraction of sp³-hybridized carbons (Fsp3) is 0.550. The quantitative estimate of drug-likeness (QED) is 0.784. The second-order valence-electron chi connectivity index (χ2n) is 7.85. The van der Waals surface area contributed by atoms with Crippen molar-refractivity contribution in [3.63, 3.8) is 0 Å². The first kappa shape index (κ1) is 17.6. The number of hydrogen-bond acceptors (Lipinski definition) is 4. The summed E-state index contributed by atoms with van der Waals surface area (Å²) >= 11 is 0. The lowest BCUT2D eigenvalue weighted by Gasteiger charge is -2.37. The van der Waals surface area contributed by atoms with Crippen LogP contribution in [-0.4, -0.2) is 36.8 Å². The summed E-state index contributed by atoms with van der Waals surface area (Å²) in [4.78, 5) is 14.2. The van der Waals surface area contributed by atoms with Crippen molar-refractivity contribution in [3.05, 3.63) is 30.0 Å². The molecule has 1 saturated heterocycles. The van der Waals surface area contributed by atoms with Crippen molar-refractivity contribution in [2.75, 3.05) is 20.2 Å². The molecule has 0 saturated carbocycles. The Kier molecular flexibility index (Phi) is 4.67. The van der Waals surface area contributed by atoms with Gasteiger partial charge in [0.05, 0.1) is 13.4 Å². The summed E-state index contributed by atoms with van der Waals surface area (Å²) in [5.74, 6) is 1.47. The number of piperidine rings is 1. The molecular weight excluding hydrogens is 318 g/mol. The maximum atomic E-state index is 12.3. The van der Waals surface area contributed by atoms with Crippen molar-refractivity contribution in [1.29, 1.82) is 0 Å². The van der Waals surface area contributed by atoms with Gasteiger partial charge in [-0.2, -0.15) is 0 Å². The van der Waals surface area contributed by atoms with E-state index in [1.54, 1.807) is 13.4 Å². The molecule has 0 unspecified atom stereocenters.